The molecule has 0 aliphatic heterocycles. The Kier molecular flexibility index (Phi) is 5.83. The topological polar surface area (TPSA) is 59.0 Å². The number of carbonyl (C=O) groups excluding carboxylic acids is 1. The first-order chi connectivity index (χ1) is 13.7. The van der Waals surface area contributed by atoms with Crippen molar-refractivity contribution in [3.05, 3.63) is 76.6 Å². The fraction of sp³-hybridized carbons (Fsp3) is 0.200. The van der Waals surface area contributed by atoms with Crippen LogP contribution < -0.4 is 10.9 Å². The van der Waals surface area contributed by atoms with Crippen molar-refractivity contribution in [2.75, 3.05) is 5.43 Å². The quantitative estimate of drug-likeness (QED) is 0.539. The van der Waals surface area contributed by atoms with Gasteiger partial charge in [-0.2, -0.15) is 18.3 Å². The molecule has 0 aliphatic carbocycles. The van der Waals surface area contributed by atoms with Gasteiger partial charge >= 0.3 is 6.18 Å². The number of rotatable bonds is 5. The van der Waals surface area contributed by atoms with Crippen LogP contribution in [-0.2, 0) is 6.18 Å². The molecular formula is C20H18ClF3N4O. The fourth-order valence-electron chi connectivity index (χ4n) is 2.93. The first-order valence-electron chi connectivity index (χ1n) is 8.75. The average Bonchev–Trinajstić information content (AvgIpc) is 3.11. The largest absolute Gasteiger partial charge is 0.418 e. The summed E-state index contributed by atoms with van der Waals surface area (Å²) in [4.78, 5) is 12.7. The van der Waals surface area contributed by atoms with Crippen molar-refractivity contribution in [3.8, 4) is 5.69 Å². The zero-order chi connectivity index (χ0) is 21.2. The molecule has 0 bridgehead atoms. The third-order valence-electron chi connectivity index (χ3n) is 4.19. The summed E-state index contributed by atoms with van der Waals surface area (Å²) in [5.41, 5.74) is 5.10. The number of nitrogens with zero attached hydrogens (tertiary/aromatic N) is 2. The Morgan fingerprint density at radius 1 is 1.14 bits per heavy atom. The number of para-hydroxylation sites is 1. The van der Waals surface area contributed by atoms with E-state index in [-0.39, 0.29) is 17.2 Å². The Bertz CT molecular complexity index is 1030. The standard InChI is InChI=1S/C20H18ClF3N4O/c1-12(2)18-15(11-25-28(18)14-7-5-6-13(21)10-14)19(29)27-26-17-9-4-3-8-16(17)20(22,23)24/h3-12,26H,1-2H3,(H,27,29). The second-order valence-corrected chi connectivity index (χ2v) is 7.05. The van der Waals surface area contributed by atoms with Crippen LogP contribution >= 0.6 is 11.6 Å². The number of hydrogen-bond donors (Lipinski definition) is 2. The minimum atomic E-state index is -4.55. The summed E-state index contributed by atoms with van der Waals surface area (Å²) >= 11 is 6.04. The zero-order valence-electron chi connectivity index (χ0n) is 15.6. The lowest BCUT2D eigenvalue weighted by atomic mass is 10.1. The molecule has 0 unspecified atom stereocenters. The van der Waals surface area contributed by atoms with Crippen LogP contribution in [0.25, 0.3) is 5.69 Å². The number of nitrogens with one attached hydrogen (secondary N) is 2. The van der Waals surface area contributed by atoms with E-state index >= 15 is 0 Å². The molecular weight excluding hydrogens is 405 g/mol. The lowest BCUT2D eigenvalue weighted by Gasteiger charge is -2.16. The van der Waals surface area contributed by atoms with Crippen LogP contribution in [0.5, 0.6) is 0 Å². The van der Waals surface area contributed by atoms with Gasteiger partial charge in [0.25, 0.3) is 5.91 Å². The highest BCUT2D eigenvalue weighted by molar-refractivity contribution is 6.30. The van der Waals surface area contributed by atoms with Gasteiger partial charge < -0.3 is 0 Å². The molecule has 0 aliphatic rings. The van der Waals surface area contributed by atoms with E-state index in [0.717, 1.165) is 6.07 Å². The van der Waals surface area contributed by atoms with Crippen LogP contribution in [0.3, 0.4) is 0 Å². The average molecular weight is 423 g/mol. The molecule has 5 nitrogen and oxygen atoms in total. The van der Waals surface area contributed by atoms with E-state index in [0.29, 0.717) is 16.4 Å². The van der Waals surface area contributed by atoms with Gasteiger partial charge in [0.15, 0.2) is 0 Å². The van der Waals surface area contributed by atoms with E-state index in [1.165, 1.54) is 24.4 Å². The highest BCUT2D eigenvalue weighted by Crippen LogP contribution is 2.34. The maximum absolute atomic E-state index is 13.1. The molecule has 0 saturated heterocycles. The van der Waals surface area contributed by atoms with Gasteiger partial charge in [0.05, 0.1) is 34.4 Å². The Morgan fingerprint density at radius 2 is 1.86 bits per heavy atom. The molecule has 0 atom stereocenters. The van der Waals surface area contributed by atoms with Gasteiger partial charge in [0.1, 0.15) is 0 Å². The van der Waals surface area contributed by atoms with Crippen molar-refractivity contribution >= 4 is 23.2 Å². The molecule has 0 saturated carbocycles. The van der Waals surface area contributed by atoms with Crippen molar-refractivity contribution in [2.24, 2.45) is 0 Å². The minimum absolute atomic E-state index is 0.0836. The second kappa shape index (κ2) is 8.16. The molecule has 29 heavy (non-hydrogen) atoms. The van der Waals surface area contributed by atoms with Gasteiger partial charge in [-0.15, -0.1) is 0 Å². The predicted octanol–water partition coefficient (Wildman–Crippen LogP) is 5.42. The highest BCUT2D eigenvalue weighted by Gasteiger charge is 2.33. The Labute approximate surface area is 170 Å². The summed E-state index contributed by atoms with van der Waals surface area (Å²) in [6.07, 6.45) is -3.17. The molecule has 3 rings (SSSR count). The Balaban J connectivity index is 1.88. The van der Waals surface area contributed by atoms with Gasteiger partial charge in [-0.25, -0.2) is 4.68 Å². The maximum atomic E-state index is 13.1. The molecule has 1 heterocycles. The van der Waals surface area contributed by atoms with Crippen LogP contribution in [-0.4, -0.2) is 15.7 Å². The highest BCUT2D eigenvalue weighted by atomic mass is 35.5. The van der Waals surface area contributed by atoms with Crippen LogP contribution in [0.1, 0.15) is 41.4 Å². The number of alkyl halides is 3. The number of hydrogen-bond acceptors (Lipinski definition) is 3. The summed E-state index contributed by atoms with van der Waals surface area (Å²) < 4.78 is 40.9. The summed E-state index contributed by atoms with van der Waals surface area (Å²) in [6, 6.07) is 11.9. The summed E-state index contributed by atoms with van der Waals surface area (Å²) in [7, 11) is 0. The normalized spacial score (nSPS) is 11.6. The monoisotopic (exact) mass is 422 g/mol. The third-order valence-corrected chi connectivity index (χ3v) is 4.43. The van der Waals surface area contributed by atoms with Crippen molar-refractivity contribution in [3.63, 3.8) is 0 Å². The summed E-state index contributed by atoms with van der Waals surface area (Å²) in [6.45, 7) is 3.78. The van der Waals surface area contributed by atoms with Crippen LogP contribution in [0, 0.1) is 0 Å². The molecule has 9 heteroatoms. The number of benzene rings is 2. The first-order valence-corrected chi connectivity index (χ1v) is 9.12. The molecule has 0 radical (unpaired) electrons. The van der Waals surface area contributed by atoms with E-state index in [9.17, 15) is 18.0 Å². The summed E-state index contributed by atoms with van der Waals surface area (Å²) in [5, 5.41) is 4.79. The Hall–Kier alpha value is -3.00. The van der Waals surface area contributed by atoms with Crippen LogP contribution in [0.2, 0.25) is 5.02 Å². The minimum Gasteiger partial charge on any atom is -0.298 e. The lowest BCUT2D eigenvalue weighted by molar-refractivity contribution is -0.137. The molecule has 1 aromatic heterocycles. The zero-order valence-corrected chi connectivity index (χ0v) is 16.3. The van der Waals surface area contributed by atoms with E-state index in [2.05, 4.69) is 16.0 Å². The smallest absolute Gasteiger partial charge is 0.298 e. The molecule has 152 valence electrons. The molecule has 2 N–H and O–H groups in total. The number of aromatic nitrogens is 2. The number of amides is 1. The van der Waals surface area contributed by atoms with Crippen LogP contribution in [0.4, 0.5) is 18.9 Å². The summed E-state index contributed by atoms with van der Waals surface area (Å²) in [5.74, 6) is -0.682. The first kappa shape index (κ1) is 20.7. The van der Waals surface area contributed by atoms with E-state index in [1.54, 1.807) is 28.9 Å². The SMILES string of the molecule is CC(C)c1c(C(=O)NNc2ccccc2C(F)(F)F)cnn1-c1cccc(Cl)c1. The van der Waals surface area contributed by atoms with Gasteiger partial charge in [0.2, 0.25) is 0 Å². The van der Waals surface area contributed by atoms with Gasteiger partial charge in [-0.3, -0.25) is 15.6 Å². The van der Waals surface area contributed by atoms with Crippen LogP contribution in [0.15, 0.2) is 54.7 Å². The predicted molar refractivity (Wildman–Crippen MR) is 105 cm³/mol. The van der Waals surface area contributed by atoms with Crippen molar-refractivity contribution < 1.29 is 18.0 Å². The van der Waals surface area contributed by atoms with Crippen molar-refractivity contribution in [1.29, 1.82) is 0 Å². The molecule has 2 aromatic carbocycles. The second-order valence-electron chi connectivity index (χ2n) is 6.61. The maximum Gasteiger partial charge on any atom is 0.418 e. The Morgan fingerprint density at radius 3 is 2.52 bits per heavy atom. The van der Waals surface area contributed by atoms with Gasteiger partial charge in [-0.1, -0.05) is 43.6 Å². The molecule has 0 fully saturated rings. The lowest BCUT2D eigenvalue weighted by Crippen LogP contribution is -2.31. The number of hydrazine groups is 1. The van der Waals surface area contributed by atoms with E-state index < -0.39 is 17.6 Å². The number of halogens is 4. The molecule has 1 amide bonds. The van der Waals surface area contributed by atoms with E-state index in [4.69, 9.17) is 11.6 Å². The van der Waals surface area contributed by atoms with E-state index in [1.807, 2.05) is 13.8 Å². The van der Waals surface area contributed by atoms with Crippen molar-refractivity contribution in [1.82, 2.24) is 15.2 Å². The number of anilines is 1. The fourth-order valence-corrected chi connectivity index (χ4v) is 3.12. The van der Waals surface area contributed by atoms with Crippen molar-refractivity contribution in [2.45, 2.75) is 25.9 Å². The van der Waals surface area contributed by atoms with Gasteiger partial charge in [0, 0.05) is 5.02 Å². The molecule has 0 spiro atoms. The molecule has 3 aromatic rings. The van der Waals surface area contributed by atoms with Gasteiger partial charge in [-0.05, 0) is 36.2 Å². The third kappa shape index (κ3) is 4.54. The number of carbonyl (C=O) groups is 1.